The van der Waals surface area contributed by atoms with E-state index < -0.39 is 0 Å². The van der Waals surface area contributed by atoms with Gasteiger partial charge in [-0.3, -0.25) is 4.79 Å². The van der Waals surface area contributed by atoms with Crippen LogP contribution in [-0.4, -0.2) is 26.9 Å². The van der Waals surface area contributed by atoms with Gasteiger partial charge in [0.25, 0.3) is 5.56 Å². The maximum absolute atomic E-state index is 12.3. The summed E-state index contributed by atoms with van der Waals surface area (Å²) in [6.45, 7) is 4.41. The van der Waals surface area contributed by atoms with Crippen LogP contribution in [0.3, 0.4) is 0 Å². The Labute approximate surface area is 123 Å². The van der Waals surface area contributed by atoms with Crippen LogP contribution >= 0.6 is 11.6 Å². The van der Waals surface area contributed by atoms with Gasteiger partial charge in [-0.15, -0.1) is 6.42 Å². The Kier molecular flexibility index (Phi) is 4.69. The molecule has 20 heavy (non-hydrogen) atoms. The van der Waals surface area contributed by atoms with Gasteiger partial charge in [0, 0.05) is 12.1 Å². The normalized spacial score (nSPS) is 23.3. The second-order valence-corrected chi connectivity index (χ2v) is 5.59. The summed E-state index contributed by atoms with van der Waals surface area (Å²) in [5, 5.41) is 6.33. The van der Waals surface area contributed by atoms with Gasteiger partial charge in [-0.2, -0.15) is 5.10 Å². The zero-order valence-corrected chi connectivity index (χ0v) is 12.5. The van der Waals surface area contributed by atoms with E-state index in [2.05, 4.69) is 35.3 Å². The summed E-state index contributed by atoms with van der Waals surface area (Å²) >= 11 is 6.10. The van der Waals surface area contributed by atoms with Crippen LogP contribution in [0.1, 0.15) is 33.1 Å². The lowest BCUT2D eigenvalue weighted by atomic mass is 10.00. The Morgan fingerprint density at radius 3 is 2.75 bits per heavy atom. The number of halogens is 1. The van der Waals surface area contributed by atoms with Crippen molar-refractivity contribution in [2.24, 2.45) is 0 Å². The number of rotatable bonds is 3. The van der Waals surface area contributed by atoms with Crippen molar-refractivity contribution in [3.05, 3.63) is 21.6 Å². The lowest BCUT2D eigenvalue weighted by Crippen LogP contribution is -2.48. The molecule has 2 rings (SSSR count). The summed E-state index contributed by atoms with van der Waals surface area (Å²) in [7, 11) is 0. The van der Waals surface area contributed by atoms with Gasteiger partial charge in [0.15, 0.2) is 0 Å². The van der Waals surface area contributed by atoms with Gasteiger partial charge in [-0.1, -0.05) is 23.9 Å². The Bertz CT molecular complexity index is 568. The van der Waals surface area contributed by atoms with Gasteiger partial charge in [-0.25, -0.2) is 9.69 Å². The third-order valence-corrected chi connectivity index (χ3v) is 3.96. The van der Waals surface area contributed by atoms with Crippen molar-refractivity contribution in [2.45, 2.75) is 51.7 Å². The SMILES string of the molecule is C#CCn1ncc(Cl)c(NN2C(C)CCCC2C)c1=O. The molecule has 0 saturated carbocycles. The van der Waals surface area contributed by atoms with Gasteiger partial charge < -0.3 is 5.43 Å². The molecule has 1 aromatic heterocycles. The van der Waals surface area contributed by atoms with E-state index in [0.29, 0.717) is 22.8 Å². The smallest absolute Gasteiger partial charge is 0.293 e. The molecule has 0 bridgehead atoms. The molecule has 1 N–H and O–H groups in total. The molecule has 1 aliphatic heterocycles. The molecule has 2 heterocycles. The Hall–Kier alpha value is -1.51. The number of aromatic nitrogens is 2. The molecule has 6 heteroatoms. The third kappa shape index (κ3) is 2.97. The lowest BCUT2D eigenvalue weighted by molar-refractivity contribution is 0.135. The molecule has 1 aromatic rings. The van der Waals surface area contributed by atoms with E-state index in [9.17, 15) is 4.79 Å². The molecular formula is C14H19ClN4O. The number of anilines is 1. The Morgan fingerprint density at radius 2 is 2.15 bits per heavy atom. The molecular weight excluding hydrogens is 276 g/mol. The third-order valence-electron chi connectivity index (χ3n) is 3.67. The first-order valence-electron chi connectivity index (χ1n) is 6.78. The maximum Gasteiger partial charge on any atom is 0.293 e. The van der Waals surface area contributed by atoms with Crippen LogP contribution in [0.15, 0.2) is 11.0 Å². The summed E-state index contributed by atoms with van der Waals surface area (Å²) < 4.78 is 1.23. The van der Waals surface area contributed by atoms with Crippen molar-refractivity contribution in [2.75, 3.05) is 5.43 Å². The van der Waals surface area contributed by atoms with Crippen LogP contribution in [0.2, 0.25) is 5.02 Å². The van der Waals surface area contributed by atoms with E-state index in [1.165, 1.54) is 17.3 Å². The minimum atomic E-state index is -0.291. The van der Waals surface area contributed by atoms with Crippen molar-refractivity contribution < 1.29 is 0 Å². The average molecular weight is 295 g/mol. The quantitative estimate of drug-likeness (QED) is 0.868. The molecule has 1 saturated heterocycles. The monoisotopic (exact) mass is 294 g/mol. The van der Waals surface area contributed by atoms with Gasteiger partial charge in [-0.05, 0) is 26.7 Å². The molecule has 0 amide bonds. The van der Waals surface area contributed by atoms with Gasteiger partial charge in [0.05, 0.1) is 11.2 Å². The van der Waals surface area contributed by atoms with Crippen LogP contribution in [0.25, 0.3) is 0 Å². The second kappa shape index (κ2) is 6.29. The first kappa shape index (κ1) is 14.9. The number of terminal acetylenes is 1. The standard InChI is InChI=1S/C14H19ClN4O/c1-4-8-18-14(20)13(12(15)9-16-18)17-19-10(2)6-5-7-11(19)3/h1,9-11,17H,5-8H2,2-3H3. The second-order valence-electron chi connectivity index (χ2n) is 5.18. The highest BCUT2D eigenvalue weighted by Gasteiger charge is 2.26. The highest BCUT2D eigenvalue weighted by atomic mass is 35.5. The zero-order chi connectivity index (χ0) is 14.7. The zero-order valence-electron chi connectivity index (χ0n) is 11.8. The van der Waals surface area contributed by atoms with Crippen molar-refractivity contribution in [3.63, 3.8) is 0 Å². The van der Waals surface area contributed by atoms with Gasteiger partial charge in [0.2, 0.25) is 0 Å². The minimum absolute atomic E-state index is 0.135. The topological polar surface area (TPSA) is 50.2 Å². The Balaban J connectivity index is 2.31. The molecule has 0 spiro atoms. The van der Waals surface area contributed by atoms with E-state index in [0.717, 1.165) is 12.8 Å². The first-order chi connectivity index (χ1) is 9.54. The van der Waals surface area contributed by atoms with Crippen LogP contribution in [0.5, 0.6) is 0 Å². The van der Waals surface area contributed by atoms with Crippen molar-refractivity contribution in [1.82, 2.24) is 14.8 Å². The van der Waals surface area contributed by atoms with Crippen molar-refractivity contribution in [1.29, 1.82) is 0 Å². The molecule has 0 radical (unpaired) electrons. The van der Waals surface area contributed by atoms with E-state index >= 15 is 0 Å². The summed E-state index contributed by atoms with van der Waals surface area (Å²) in [5.41, 5.74) is 3.23. The molecule has 2 atom stereocenters. The van der Waals surface area contributed by atoms with Crippen molar-refractivity contribution >= 4 is 17.3 Å². The molecule has 108 valence electrons. The van der Waals surface area contributed by atoms with Crippen LogP contribution in [0.4, 0.5) is 5.69 Å². The highest BCUT2D eigenvalue weighted by Crippen LogP contribution is 2.24. The molecule has 0 aromatic carbocycles. The van der Waals surface area contributed by atoms with E-state index in [1.54, 1.807) is 0 Å². The van der Waals surface area contributed by atoms with E-state index in [1.807, 2.05) is 0 Å². The molecule has 2 unspecified atom stereocenters. The van der Waals surface area contributed by atoms with Gasteiger partial charge in [0.1, 0.15) is 12.2 Å². The van der Waals surface area contributed by atoms with Crippen LogP contribution in [-0.2, 0) is 6.54 Å². The molecule has 0 aliphatic carbocycles. The molecule has 5 nitrogen and oxygen atoms in total. The maximum atomic E-state index is 12.3. The first-order valence-corrected chi connectivity index (χ1v) is 7.16. The van der Waals surface area contributed by atoms with Crippen LogP contribution in [0, 0.1) is 12.3 Å². The number of hydrogen-bond acceptors (Lipinski definition) is 4. The summed E-state index contributed by atoms with van der Waals surface area (Å²) in [5.74, 6) is 2.41. The largest absolute Gasteiger partial charge is 0.312 e. The fourth-order valence-corrected chi connectivity index (χ4v) is 2.71. The summed E-state index contributed by atoms with van der Waals surface area (Å²) in [6.07, 6.45) is 10.1. The summed E-state index contributed by atoms with van der Waals surface area (Å²) in [6, 6.07) is 0.701. The number of hydrogen-bond donors (Lipinski definition) is 1. The van der Waals surface area contributed by atoms with Crippen molar-refractivity contribution in [3.8, 4) is 12.3 Å². The molecule has 1 fully saturated rings. The Morgan fingerprint density at radius 1 is 1.50 bits per heavy atom. The highest BCUT2D eigenvalue weighted by molar-refractivity contribution is 6.32. The fraction of sp³-hybridized carbons (Fsp3) is 0.571. The summed E-state index contributed by atoms with van der Waals surface area (Å²) in [4.78, 5) is 12.3. The predicted molar refractivity (Wildman–Crippen MR) is 80.6 cm³/mol. The van der Waals surface area contributed by atoms with Gasteiger partial charge >= 0.3 is 0 Å². The number of hydrazine groups is 1. The fourth-order valence-electron chi connectivity index (χ4n) is 2.54. The van der Waals surface area contributed by atoms with E-state index in [4.69, 9.17) is 18.0 Å². The van der Waals surface area contributed by atoms with E-state index in [-0.39, 0.29) is 12.1 Å². The van der Waals surface area contributed by atoms with Crippen LogP contribution < -0.4 is 11.0 Å². The number of nitrogens with one attached hydrogen (secondary N) is 1. The molecule has 1 aliphatic rings. The lowest BCUT2D eigenvalue weighted by Gasteiger charge is -2.39. The minimum Gasteiger partial charge on any atom is -0.312 e. The number of nitrogens with zero attached hydrogens (tertiary/aromatic N) is 3. The average Bonchev–Trinajstić information content (AvgIpc) is 2.41. The number of piperidine rings is 1. The predicted octanol–water partition coefficient (Wildman–Crippen LogP) is 2.12.